The van der Waals surface area contributed by atoms with Crippen LogP contribution in [0.5, 0.6) is 11.6 Å². The zero-order valence-electron chi connectivity index (χ0n) is 16.5. The summed E-state index contributed by atoms with van der Waals surface area (Å²) in [6.07, 6.45) is -7.46. The van der Waals surface area contributed by atoms with Gasteiger partial charge in [-0.3, -0.25) is 14.5 Å². The Bertz CT molecular complexity index is 1110. The van der Waals surface area contributed by atoms with Gasteiger partial charge >= 0.3 is 12.5 Å². The van der Waals surface area contributed by atoms with Gasteiger partial charge in [0.1, 0.15) is 5.75 Å². The van der Waals surface area contributed by atoms with Crippen molar-refractivity contribution in [1.82, 2.24) is 25.1 Å². The number of aromatic nitrogens is 4. The van der Waals surface area contributed by atoms with Gasteiger partial charge in [0.15, 0.2) is 12.3 Å². The van der Waals surface area contributed by atoms with Crippen LogP contribution >= 0.6 is 0 Å². The first-order valence-corrected chi connectivity index (χ1v) is 8.88. The van der Waals surface area contributed by atoms with Crippen molar-refractivity contribution in [2.75, 3.05) is 6.61 Å². The number of halogens is 6. The summed E-state index contributed by atoms with van der Waals surface area (Å²) in [5.74, 6) is -1.78. The number of ether oxygens (including phenoxy) is 2. The number of fused-ring (bicyclic) bond motifs is 1. The molecule has 0 spiro atoms. The second-order valence-electron chi connectivity index (χ2n) is 6.55. The molecule has 0 aliphatic heterocycles. The molecule has 8 nitrogen and oxygen atoms in total. The number of rotatable bonds is 6. The Kier molecular flexibility index (Phi) is 6.14. The Morgan fingerprint density at radius 3 is 2.47 bits per heavy atom. The van der Waals surface area contributed by atoms with Crippen LogP contribution in [-0.2, 0) is 7.05 Å². The molecule has 1 atom stereocenters. The average molecular weight is 463 g/mol. The zero-order chi connectivity index (χ0) is 23.7. The molecule has 1 aromatic carbocycles. The smallest absolute Gasteiger partial charge is 0.467 e. The van der Waals surface area contributed by atoms with E-state index >= 15 is 0 Å². The number of amides is 1. The first-order chi connectivity index (χ1) is 14.8. The predicted octanol–water partition coefficient (Wildman–Crippen LogP) is 3.69. The van der Waals surface area contributed by atoms with Crippen LogP contribution in [-0.4, -0.2) is 44.8 Å². The standard InChI is InChI=1S/C18H15F6N5O3/c1-9(10-6-26-13(7-25-10)31-8-17(19,20)21)27-16(30)15-14-11(29(2)28-15)4-3-5-12(14)32-18(22,23)24/h3-7,9H,8H2,1-2H3,(H,27,30). The van der Waals surface area contributed by atoms with E-state index in [9.17, 15) is 31.1 Å². The number of hydrogen-bond donors (Lipinski definition) is 1. The van der Waals surface area contributed by atoms with Gasteiger partial charge in [-0.1, -0.05) is 6.07 Å². The maximum atomic E-state index is 12.8. The summed E-state index contributed by atoms with van der Waals surface area (Å²) in [5, 5.41) is 6.35. The third-order valence-corrected chi connectivity index (χ3v) is 4.10. The molecule has 172 valence electrons. The summed E-state index contributed by atoms with van der Waals surface area (Å²) in [7, 11) is 1.45. The van der Waals surface area contributed by atoms with E-state index < -0.39 is 36.8 Å². The van der Waals surface area contributed by atoms with Crippen molar-refractivity contribution in [2.24, 2.45) is 7.05 Å². The van der Waals surface area contributed by atoms with Gasteiger partial charge in [-0.25, -0.2) is 4.98 Å². The van der Waals surface area contributed by atoms with E-state index in [4.69, 9.17) is 0 Å². The fourth-order valence-corrected chi connectivity index (χ4v) is 2.77. The maximum absolute atomic E-state index is 12.8. The number of aryl methyl sites for hydroxylation is 1. The highest BCUT2D eigenvalue weighted by molar-refractivity contribution is 6.07. The minimum atomic E-state index is -4.98. The Hall–Kier alpha value is -3.58. The molecule has 32 heavy (non-hydrogen) atoms. The maximum Gasteiger partial charge on any atom is 0.573 e. The molecule has 0 saturated carbocycles. The van der Waals surface area contributed by atoms with Crippen molar-refractivity contribution in [2.45, 2.75) is 25.5 Å². The van der Waals surface area contributed by atoms with Crippen LogP contribution in [0.15, 0.2) is 30.6 Å². The van der Waals surface area contributed by atoms with Gasteiger partial charge in [-0.15, -0.1) is 13.2 Å². The number of nitrogens with one attached hydrogen (secondary N) is 1. The summed E-state index contributed by atoms with van der Waals surface area (Å²) in [5.41, 5.74) is 0.0903. The second-order valence-corrected chi connectivity index (χ2v) is 6.55. The lowest BCUT2D eigenvalue weighted by Gasteiger charge is -2.14. The monoisotopic (exact) mass is 463 g/mol. The SMILES string of the molecule is CC(NC(=O)c1nn(C)c2cccc(OC(F)(F)F)c12)c1cnc(OCC(F)(F)F)cn1. The highest BCUT2D eigenvalue weighted by Gasteiger charge is 2.33. The Morgan fingerprint density at radius 1 is 1.16 bits per heavy atom. The van der Waals surface area contributed by atoms with Gasteiger partial charge < -0.3 is 14.8 Å². The van der Waals surface area contributed by atoms with E-state index in [0.29, 0.717) is 0 Å². The predicted molar refractivity (Wildman–Crippen MR) is 96.9 cm³/mol. The quantitative estimate of drug-likeness (QED) is 0.561. The van der Waals surface area contributed by atoms with Gasteiger partial charge in [0.05, 0.1) is 35.0 Å². The lowest BCUT2D eigenvalue weighted by molar-refractivity contribution is -0.274. The molecule has 3 rings (SSSR count). The molecule has 0 aliphatic carbocycles. The van der Waals surface area contributed by atoms with E-state index in [0.717, 1.165) is 18.5 Å². The molecule has 0 saturated heterocycles. The van der Waals surface area contributed by atoms with E-state index in [2.05, 4.69) is 29.9 Å². The topological polar surface area (TPSA) is 91.2 Å². The number of benzene rings is 1. The molecular formula is C18H15F6N5O3. The molecule has 1 N–H and O–H groups in total. The molecule has 0 aliphatic rings. The minimum Gasteiger partial charge on any atom is -0.467 e. The largest absolute Gasteiger partial charge is 0.573 e. The fourth-order valence-electron chi connectivity index (χ4n) is 2.77. The zero-order valence-corrected chi connectivity index (χ0v) is 16.5. The average Bonchev–Trinajstić information content (AvgIpc) is 3.03. The highest BCUT2D eigenvalue weighted by atomic mass is 19.4. The molecule has 14 heteroatoms. The Balaban J connectivity index is 1.79. The Labute approximate surface area is 176 Å². The molecule has 0 radical (unpaired) electrons. The summed E-state index contributed by atoms with van der Waals surface area (Å²) in [4.78, 5) is 20.3. The number of nitrogens with zero attached hydrogens (tertiary/aromatic N) is 4. The summed E-state index contributed by atoms with van der Waals surface area (Å²) < 4.78 is 84.5. The summed E-state index contributed by atoms with van der Waals surface area (Å²) in [6.45, 7) is -0.0428. The lowest BCUT2D eigenvalue weighted by atomic mass is 10.1. The van der Waals surface area contributed by atoms with Crippen molar-refractivity contribution >= 4 is 16.8 Å². The molecule has 2 heterocycles. The van der Waals surface area contributed by atoms with Crippen LogP contribution < -0.4 is 14.8 Å². The number of carbonyl (C=O) groups is 1. The van der Waals surface area contributed by atoms with Crippen LogP contribution in [0, 0.1) is 0 Å². The van der Waals surface area contributed by atoms with Crippen LogP contribution in [0.3, 0.4) is 0 Å². The van der Waals surface area contributed by atoms with Crippen molar-refractivity contribution in [1.29, 1.82) is 0 Å². The van der Waals surface area contributed by atoms with Gasteiger partial charge in [0.25, 0.3) is 5.91 Å². The molecule has 1 unspecified atom stereocenters. The van der Waals surface area contributed by atoms with Gasteiger partial charge in [-0.05, 0) is 19.1 Å². The first kappa shape index (κ1) is 23.1. The second kappa shape index (κ2) is 8.51. The molecule has 3 aromatic rings. The minimum absolute atomic E-state index is 0.140. The van der Waals surface area contributed by atoms with Crippen LogP contribution in [0.4, 0.5) is 26.3 Å². The van der Waals surface area contributed by atoms with E-state index in [-0.39, 0.29) is 28.2 Å². The highest BCUT2D eigenvalue weighted by Crippen LogP contribution is 2.33. The molecule has 1 amide bonds. The first-order valence-electron chi connectivity index (χ1n) is 8.88. The van der Waals surface area contributed by atoms with Crippen molar-refractivity contribution in [3.63, 3.8) is 0 Å². The molecular weight excluding hydrogens is 448 g/mol. The third kappa shape index (κ3) is 5.56. The number of carbonyl (C=O) groups excluding carboxylic acids is 1. The van der Waals surface area contributed by atoms with E-state index in [1.807, 2.05) is 0 Å². The fraction of sp³-hybridized carbons (Fsp3) is 0.333. The van der Waals surface area contributed by atoms with Gasteiger partial charge in [-0.2, -0.15) is 18.3 Å². The van der Waals surface area contributed by atoms with Crippen LogP contribution in [0.25, 0.3) is 10.9 Å². The van der Waals surface area contributed by atoms with Crippen molar-refractivity contribution < 1.29 is 40.6 Å². The van der Waals surface area contributed by atoms with Gasteiger partial charge in [0, 0.05) is 7.05 Å². The van der Waals surface area contributed by atoms with Crippen molar-refractivity contribution in [3.05, 3.63) is 42.0 Å². The summed E-state index contributed by atoms with van der Waals surface area (Å²) >= 11 is 0. The van der Waals surface area contributed by atoms with Crippen molar-refractivity contribution in [3.8, 4) is 11.6 Å². The lowest BCUT2D eigenvalue weighted by Crippen LogP contribution is -2.28. The molecule has 2 aromatic heterocycles. The van der Waals surface area contributed by atoms with Crippen LogP contribution in [0.2, 0.25) is 0 Å². The summed E-state index contributed by atoms with van der Waals surface area (Å²) in [6, 6.07) is 3.05. The van der Waals surface area contributed by atoms with Crippen LogP contribution in [0.1, 0.15) is 29.1 Å². The van der Waals surface area contributed by atoms with E-state index in [1.165, 1.54) is 30.8 Å². The third-order valence-electron chi connectivity index (χ3n) is 4.10. The molecule has 0 fully saturated rings. The normalized spacial score (nSPS) is 13.1. The number of alkyl halides is 6. The number of hydrogen-bond acceptors (Lipinski definition) is 6. The van der Waals surface area contributed by atoms with Gasteiger partial charge in [0.2, 0.25) is 5.88 Å². The van der Waals surface area contributed by atoms with E-state index in [1.54, 1.807) is 0 Å². The Morgan fingerprint density at radius 2 is 1.88 bits per heavy atom. The molecule has 0 bridgehead atoms.